The molecule has 6 nitrogen and oxygen atoms in total. The molecule has 10 heteroatoms. The van der Waals surface area contributed by atoms with E-state index in [0.29, 0.717) is 17.2 Å². The molecular weight excluding hydrogens is 413 g/mol. The van der Waals surface area contributed by atoms with Gasteiger partial charge in [0, 0.05) is 12.6 Å². The summed E-state index contributed by atoms with van der Waals surface area (Å²) in [7, 11) is -3.84. The van der Waals surface area contributed by atoms with Gasteiger partial charge in [0.05, 0.1) is 15.1 Å². The molecule has 1 N–H and O–H groups in total. The lowest BCUT2D eigenvalue weighted by atomic mass is 10.3. The first-order chi connectivity index (χ1) is 11.9. The smallest absolute Gasteiger partial charge is 0.242 e. The highest BCUT2D eigenvalue weighted by Gasteiger charge is 2.20. The van der Waals surface area contributed by atoms with Crippen LogP contribution >= 0.6 is 34.8 Å². The highest BCUT2D eigenvalue weighted by molar-refractivity contribution is 7.89. The Balaban J connectivity index is 1.59. The second-order valence-corrected chi connectivity index (χ2v) is 7.92. The van der Waals surface area contributed by atoms with Crippen molar-refractivity contribution in [1.82, 2.24) is 4.72 Å². The van der Waals surface area contributed by atoms with Crippen molar-refractivity contribution < 1.29 is 22.6 Å². The Morgan fingerprint density at radius 3 is 2.52 bits per heavy atom. The fourth-order valence-electron chi connectivity index (χ4n) is 2.10. The molecule has 0 fully saturated rings. The molecule has 2 aromatic carbocycles. The largest absolute Gasteiger partial charge is 0.492 e. The third kappa shape index (κ3) is 4.24. The molecule has 0 aliphatic carbocycles. The quantitative estimate of drug-likeness (QED) is 0.565. The van der Waals surface area contributed by atoms with Crippen LogP contribution in [0.1, 0.15) is 0 Å². The van der Waals surface area contributed by atoms with Gasteiger partial charge in [0.25, 0.3) is 0 Å². The van der Waals surface area contributed by atoms with Crippen molar-refractivity contribution in [2.45, 2.75) is 4.90 Å². The average molecular weight is 425 g/mol. The standard InChI is InChI=1S/C15H12Cl3NO5S/c16-10-6-12(18)15(7-11(10)17)25(20,21)19-3-4-22-9-1-2-13-14(5-9)24-8-23-13/h1-2,5-7,19H,3-4,8H2. The van der Waals surface area contributed by atoms with Crippen molar-refractivity contribution in [2.75, 3.05) is 19.9 Å². The van der Waals surface area contributed by atoms with Crippen molar-refractivity contribution >= 4 is 44.8 Å². The van der Waals surface area contributed by atoms with Crippen LogP contribution in [0.4, 0.5) is 0 Å². The van der Waals surface area contributed by atoms with Crippen LogP contribution < -0.4 is 18.9 Å². The molecule has 0 spiro atoms. The summed E-state index contributed by atoms with van der Waals surface area (Å²) in [6.07, 6.45) is 0. The fourth-order valence-corrected chi connectivity index (χ4v) is 4.11. The monoisotopic (exact) mass is 423 g/mol. The molecule has 0 aromatic heterocycles. The molecule has 25 heavy (non-hydrogen) atoms. The normalized spacial score (nSPS) is 13.1. The summed E-state index contributed by atoms with van der Waals surface area (Å²) in [4.78, 5) is -0.147. The lowest BCUT2D eigenvalue weighted by molar-refractivity contribution is 0.173. The molecule has 1 heterocycles. The Morgan fingerprint density at radius 1 is 1.00 bits per heavy atom. The molecule has 0 bridgehead atoms. The van der Waals surface area contributed by atoms with Gasteiger partial charge in [-0.3, -0.25) is 0 Å². The van der Waals surface area contributed by atoms with Gasteiger partial charge >= 0.3 is 0 Å². The van der Waals surface area contributed by atoms with Crippen molar-refractivity contribution in [3.63, 3.8) is 0 Å². The first-order valence-electron chi connectivity index (χ1n) is 7.03. The minimum Gasteiger partial charge on any atom is -0.492 e. The van der Waals surface area contributed by atoms with E-state index < -0.39 is 10.0 Å². The Bertz CT molecular complexity index is 904. The van der Waals surface area contributed by atoms with E-state index in [-0.39, 0.29) is 39.9 Å². The zero-order valence-corrected chi connectivity index (χ0v) is 15.7. The number of rotatable bonds is 6. The summed E-state index contributed by atoms with van der Waals surface area (Å²) in [5, 5.41) is 0.262. The Kier molecular flexibility index (Phi) is 5.50. The number of hydrogen-bond acceptors (Lipinski definition) is 5. The van der Waals surface area contributed by atoms with Crippen LogP contribution in [-0.2, 0) is 10.0 Å². The Hall–Kier alpha value is -1.38. The van der Waals surface area contributed by atoms with Gasteiger partial charge in [-0.1, -0.05) is 34.8 Å². The van der Waals surface area contributed by atoms with Crippen LogP contribution in [-0.4, -0.2) is 28.4 Å². The van der Waals surface area contributed by atoms with Gasteiger partial charge in [-0.2, -0.15) is 0 Å². The molecule has 1 aliphatic heterocycles. The highest BCUT2D eigenvalue weighted by atomic mass is 35.5. The maximum atomic E-state index is 12.3. The number of nitrogens with one attached hydrogen (secondary N) is 1. The third-order valence-corrected chi connectivity index (χ3v) is 5.92. The molecule has 2 aromatic rings. The van der Waals surface area contributed by atoms with Crippen molar-refractivity contribution in [1.29, 1.82) is 0 Å². The molecule has 0 unspecified atom stereocenters. The Morgan fingerprint density at radius 2 is 1.72 bits per heavy atom. The number of ether oxygens (including phenoxy) is 3. The predicted molar refractivity (Wildman–Crippen MR) is 94.7 cm³/mol. The Labute approximate surface area is 159 Å². The van der Waals surface area contributed by atoms with Gasteiger partial charge in [-0.25, -0.2) is 13.1 Å². The highest BCUT2D eigenvalue weighted by Crippen LogP contribution is 2.35. The molecule has 1 aliphatic rings. The van der Waals surface area contributed by atoms with E-state index in [2.05, 4.69) is 4.72 Å². The lowest BCUT2D eigenvalue weighted by Gasteiger charge is -2.11. The molecular formula is C15H12Cl3NO5S. The summed E-state index contributed by atoms with van der Waals surface area (Å²) < 4.78 is 42.9. The van der Waals surface area contributed by atoms with Crippen molar-refractivity contribution in [2.24, 2.45) is 0 Å². The van der Waals surface area contributed by atoms with E-state index in [1.807, 2.05) is 0 Å². The molecule has 0 saturated heterocycles. The number of fused-ring (bicyclic) bond motifs is 1. The van der Waals surface area contributed by atoms with Crippen LogP contribution in [0.2, 0.25) is 15.1 Å². The average Bonchev–Trinajstić information content (AvgIpc) is 3.02. The summed E-state index contributed by atoms with van der Waals surface area (Å²) >= 11 is 17.6. The first-order valence-corrected chi connectivity index (χ1v) is 9.65. The van der Waals surface area contributed by atoms with E-state index in [0.717, 1.165) is 0 Å². The van der Waals surface area contributed by atoms with Gasteiger partial charge in [0.2, 0.25) is 16.8 Å². The number of halogens is 3. The lowest BCUT2D eigenvalue weighted by Crippen LogP contribution is -2.28. The SMILES string of the molecule is O=S(=O)(NCCOc1ccc2c(c1)OCO2)c1cc(Cl)c(Cl)cc1Cl. The molecule has 0 radical (unpaired) electrons. The van der Waals surface area contributed by atoms with Crippen LogP contribution in [0, 0.1) is 0 Å². The minimum absolute atomic E-state index is 0.0152. The fraction of sp³-hybridized carbons (Fsp3) is 0.200. The topological polar surface area (TPSA) is 73.9 Å². The summed E-state index contributed by atoms with van der Waals surface area (Å²) in [5.41, 5.74) is 0. The second-order valence-electron chi connectivity index (χ2n) is 4.96. The van der Waals surface area contributed by atoms with Crippen LogP contribution in [0.15, 0.2) is 35.2 Å². The van der Waals surface area contributed by atoms with Gasteiger partial charge < -0.3 is 14.2 Å². The number of sulfonamides is 1. The summed E-state index contributed by atoms with van der Waals surface area (Å²) in [6, 6.07) is 7.58. The van der Waals surface area contributed by atoms with Gasteiger partial charge in [-0.05, 0) is 24.3 Å². The summed E-state index contributed by atoms with van der Waals surface area (Å²) in [6.45, 7) is 0.314. The van der Waals surface area contributed by atoms with E-state index in [9.17, 15) is 8.42 Å². The molecule has 134 valence electrons. The van der Waals surface area contributed by atoms with Crippen LogP contribution in [0.25, 0.3) is 0 Å². The van der Waals surface area contributed by atoms with Gasteiger partial charge in [-0.15, -0.1) is 0 Å². The number of hydrogen-bond donors (Lipinski definition) is 1. The minimum atomic E-state index is -3.84. The van der Waals surface area contributed by atoms with E-state index in [1.54, 1.807) is 18.2 Å². The summed E-state index contributed by atoms with van der Waals surface area (Å²) in [5.74, 6) is 1.76. The maximum absolute atomic E-state index is 12.3. The maximum Gasteiger partial charge on any atom is 0.242 e. The first kappa shape index (κ1) is 18.4. The molecule has 0 saturated carbocycles. The number of benzene rings is 2. The zero-order valence-electron chi connectivity index (χ0n) is 12.6. The van der Waals surface area contributed by atoms with E-state index in [4.69, 9.17) is 49.0 Å². The van der Waals surface area contributed by atoms with E-state index >= 15 is 0 Å². The second kappa shape index (κ2) is 7.47. The molecule has 0 atom stereocenters. The van der Waals surface area contributed by atoms with Crippen molar-refractivity contribution in [3.8, 4) is 17.2 Å². The van der Waals surface area contributed by atoms with Crippen molar-refractivity contribution in [3.05, 3.63) is 45.4 Å². The van der Waals surface area contributed by atoms with Gasteiger partial charge in [0.15, 0.2) is 11.5 Å². The van der Waals surface area contributed by atoms with E-state index in [1.165, 1.54) is 12.1 Å². The molecule has 3 rings (SSSR count). The molecule has 0 amide bonds. The third-order valence-electron chi connectivity index (χ3n) is 3.27. The van der Waals surface area contributed by atoms with Crippen LogP contribution in [0.3, 0.4) is 0 Å². The zero-order chi connectivity index (χ0) is 18.0. The van der Waals surface area contributed by atoms with Crippen LogP contribution in [0.5, 0.6) is 17.2 Å². The predicted octanol–water partition coefficient (Wildman–Crippen LogP) is 3.73. The van der Waals surface area contributed by atoms with Gasteiger partial charge in [0.1, 0.15) is 17.3 Å².